The standard InChI is InChI=1S/C14H22N2O2/c1-6-11-9-12(16(5)15-11)10-14(4,7-2)13(17)18-8-3/h7,9H,2,6,8,10H2,1,3-5H3. The van der Waals surface area contributed by atoms with Crippen molar-refractivity contribution >= 4 is 5.97 Å². The van der Waals surface area contributed by atoms with E-state index in [9.17, 15) is 4.79 Å². The Morgan fingerprint density at radius 2 is 2.28 bits per heavy atom. The minimum atomic E-state index is -0.700. The summed E-state index contributed by atoms with van der Waals surface area (Å²) in [5.74, 6) is -0.237. The van der Waals surface area contributed by atoms with E-state index >= 15 is 0 Å². The van der Waals surface area contributed by atoms with Crippen LogP contribution in [0, 0.1) is 5.41 Å². The molecule has 0 fully saturated rings. The minimum Gasteiger partial charge on any atom is -0.465 e. The first-order valence-corrected chi connectivity index (χ1v) is 6.29. The molecule has 1 aromatic heterocycles. The largest absolute Gasteiger partial charge is 0.465 e. The molecule has 100 valence electrons. The average molecular weight is 250 g/mol. The Morgan fingerprint density at radius 1 is 1.61 bits per heavy atom. The molecule has 0 aromatic carbocycles. The Morgan fingerprint density at radius 3 is 2.72 bits per heavy atom. The number of carbonyl (C=O) groups is 1. The molecule has 0 amide bonds. The fourth-order valence-electron chi connectivity index (χ4n) is 1.81. The Hall–Kier alpha value is -1.58. The van der Waals surface area contributed by atoms with E-state index in [1.54, 1.807) is 13.0 Å². The first kappa shape index (κ1) is 14.5. The van der Waals surface area contributed by atoms with Crippen LogP contribution in [0.4, 0.5) is 0 Å². The van der Waals surface area contributed by atoms with E-state index in [2.05, 4.69) is 18.6 Å². The number of esters is 1. The summed E-state index contributed by atoms with van der Waals surface area (Å²) in [6.07, 6.45) is 3.10. The van der Waals surface area contributed by atoms with E-state index in [-0.39, 0.29) is 5.97 Å². The van der Waals surface area contributed by atoms with Gasteiger partial charge in [-0.25, -0.2) is 0 Å². The molecule has 1 atom stereocenters. The SMILES string of the molecule is C=CC(C)(Cc1cc(CC)nn1C)C(=O)OCC. The Kier molecular flexibility index (Phi) is 4.70. The zero-order valence-corrected chi connectivity index (χ0v) is 11.7. The molecule has 0 bridgehead atoms. The molecule has 0 saturated heterocycles. The van der Waals surface area contributed by atoms with Gasteiger partial charge in [0.25, 0.3) is 0 Å². The van der Waals surface area contributed by atoms with E-state index in [0.717, 1.165) is 17.8 Å². The topological polar surface area (TPSA) is 44.1 Å². The highest BCUT2D eigenvalue weighted by Gasteiger charge is 2.32. The van der Waals surface area contributed by atoms with Crippen LogP contribution >= 0.6 is 0 Å². The van der Waals surface area contributed by atoms with Crippen molar-refractivity contribution in [2.75, 3.05) is 6.61 Å². The van der Waals surface area contributed by atoms with E-state index in [4.69, 9.17) is 4.74 Å². The van der Waals surface area contributed by atoms with Crippen molar-refractivity contribution < 1.29 is 9.53 Å². The highest BCUT2D eigenvalue weighted by molar-refractivity contribution is 5.78. The second-order valence-electron chi connectivity index (χ2n) is 4.62. The molecule has 0 N–H and O–H groups in total. The number of ether oxygens (including phenoxy) is 1. The van der Waals surface area contributed by atoms with Crippen LogP contribution in [0.5, 0.6) is 0 Å². The van der Waals surface area contributed by atoms with Gasteiger partial charge in [0.05, 0.1) is 17.7 Å². The average Bonchev–Trinajstić information content (AvgIpc) is 2.70. The predicted molar refractivity (Wildman–Crippen MR) is 71.2 cm³/mol. The number of aryl methyl sites for hydroxylation is 2. The lowest BCUT2D eigenvalue weighted by Gasteiger charge is -2.23. The van der Waals surface area contributed by atoms with Crippen molar-refractivity contribution in [2.45, 2.75) is 33.6 Å². The fraction of sp³-hybridized carbons (Fsp3) is 0.571. The fourth-order valence-corrected chi connectivity index (χ4v) is 1.81. The number of carbonyl (C=O) groups excluding carboxylic acids is 1. The van der Waals surface area contributed by atoms with Gasteiger partial charge in [0.1, 0.15) is 0 Å². The van der Waals surface area contributed by atoms with Gasteiger partial charge in [-0.1, -0.05) is 13.0 Å². The lowest BCUT2D eigenvalue weighted by atomic mass is 9.85. The molecule has 0 aliphatic carbocycles. The molecule has 4 nitrogen and oxygen atoms in total. The van der Waals surface area contributed by atoms with Crippen molar-refractivity contribution in [1.82, 2.24) is 9.78 Å². The van der Waals surface area contributed by atoms with Crippen molar-refractivity contribution in [3.05, 3.63) is 30.1 Å². The lowest BCUT2D eigenvalue weighted by Crippen LogP contribution is -2.30. The number of nitrogens with zero attached hydrogens (tertiary/aromatic N) is 2. The van der Waals surface area contributed by atoms with E-state index in [1.807, 2.05) is 24.7 Å². The first-order chi connectivity index (χ1) is 8.46. The molecule has 1 rings (SSSR count). The highest BCUT2D eigenvalue weighted by atomic mass is 16.5. The monoisotopic (exact) mass is 250 g/mol. The van der Waals surface area contributed by atoms with Crippen LogP contribution in [-0.2, 0) is 29.4 Å². The van der Waals surface area contributed by atoms with Crippen molar-refractivity contribution in [2.24, 2.45) is 12.5 Å². The zero-order chi connectivity index (χ0) is 13.8. The molecule has 0 aliphatic heterocycles. The maximum atomic E-state index is 12.0. The third-order valence-corrected chi connectivity index (χ3v) is 3.13. The third kappa shape index (κ3) is 3.00. The molecule has 0 saturated carbocycles. The summed E-state index contributed by atoms with van der Waals surface area (Å²) >= 11 is 0. The maximum absolute atomic E-state index is 12.0. The summed E-state index contributed by atoms with van der Waals surface area (Å²) in [7, 11) is 1.89. The Bertz CT molecular complexity index is 437. The quantitative estimate of drug-likeness (QED) is 0.574. The number of hydrogen-bond donors (Lipinski definition) is 0. The summed E-state index contributed by atoms with van der Waals surface area (Å²) in [5.41, 5.74) is 1.35. The summed E-state index contributed by atoms with van der Waals surface area (Å²) in [5, 5.41) is 4.38. The molecule has 1 heterocycles. The first-order valence-electron chi connectivity index (χ1n) is 6.29. The van der Waals surface area contributed by atoms with Gasteiger partial charge in [0.15, 0.2) is 0 Å². The number of aromatic nitrogens is 2. The summed E-state index contributed by atoms with van der Waals surface area (Å²) in [6, 6.07) is 2.03. The molecular weight excluding hydrogens is 228 g/mol. The van der Waals surface area contributed by atoms with Crippen LogP contribution in [0.25, 0.3) is 0 Å². The van der Waals surface area contributed by atoms with E-state index in [0.29, 0.717) is 13.0 Å². The van der Waals surface area contributed by atoms with Crippen LogP contribution in [0.3, 0.4) is 0 Å². The Balaban J connectivity index is 2.94. The predicted octanol–water partition coefficient (Wildman–Crippen LogP) is 2.28. The molecule has 0 aliphatic rings. The highest BCUT2D eigenvalue weighted by Crippen LogP contribution is 2.26. The van der Waals surface area contributed by atoms with E-state index < -0.39 is 5.41 Å². The smallest absolute Gasteiger partial charge is 0.316 e. The molecule has 1 unspecified atom stereocenters. The normalized spacial score (nSPS) is 14.0. The summed E-state index contributed by atoms with van der Waals surface area (Å²) in [4.78, 5) is 12.0. The molecule has 18 heavy (non-hydrogen) atoms. The van der Waals surface area contributed by atoms with Gasteiger partial charge in [0, 0.05) is 19.2 Å². The summed E-state index contributed by atoms with van der Waals surface area (Å²) < 4.78 is 6.92. The van der Waals surface area contributed by atoms with Gasteiger partial charge >= 0.3 is 5.97 Å². The number of rotatable bonds is 6. The molecule has 4 heteroatoms. The second kappa shape index (κ2) is 5.85. The van der Waals surface area contributed by atoms with Crippen LogP contribution in [0.15, 0.2) is 18.7 Å². The van der Waals surface area contributed by atoms with E-state index in [1.165, 1.54) is 0 Å². The van der Waals surface area contributed by atoms with Gasteiger partial charge in [-0.15, -0.1) is 6.58 Å². The summed E-state index contributed by atoms with van der Waals surface area (Å²) in [6.45, 7) is 9.85. The van der Waals surface area contributed by atoms with Crippen LogP contribution < -0.4 is 0 Å². The van der Waals surface area contributed by atoms with Gasteiger partial charge in [-0.2, -0.15) is 5.10 Å². The second-order valence-corrected chi connectivity index (χ2v) is 4.62. The molecule has 0 radical (unpaired) electrons. The van der Waals surface area contributed by atoms with Gasteiger partial charge in [-0.3, -0.25) is 9.48 Å². The van der Waals surface area contributed by atoms with Gasteiger partial charge < -0.3 is 4.74 Å². The molecule has 1 aromatic rings. The van der Waals surface area contributed by atoms with Gasteiger partial charge in [-0.05, 0) is 26.3 Å². The van der Waals surface area contributed by atoms with Crippen LogP contribution in [-0.4, -0.2) is 22.4 Å². The zero-order valence-electron chi connectivity index (χ0n) is 11.7. The Labute approximate surface area is 109 Å². The van der Waals surface area contributed by atoms with Crippen molar-refractivity contribution in [3.8, 4) is 0 Å². The van der Waals surface area contributed by atoms with Crippen molar-refractivity contribution in [3.63, 3.8) is 0 Å². The maximum Gasteiger partial charge on any atom is 0.316 e. The van der Waals surface area contributed by atoms with Gasteiger partial charge in [0.2, 0.25) is 0 Å². The van der Waals surface area contributed by atoms with Crippen LogP contribution in [0.2, 0.25) is 0 Å². The van der Waals surface area contributed by atoms with Crippen molar-refractivity contribution in [1.29, 1.82) is 0 Å². The lowest BCUT2D eigenvalue weighted by molar-refractivity contribution is -0.151. The minimum absolute atomic E-state index is 0.237. The van der Waals surface area contributed by atoms with Crippen LogP contribution in [0.1, 0.15) is 32.2 Å². The molecular formula is C14H22N2O2. The molecule has 0 spiro atoms. The third-order valence-electron chi connectivity index (χ3n) is 3.13. The number of hydrogen-bond acceptors (Lipinski definition) is 3.